The average Bonchev–Trinajstić information content (AvgIpc) is 3.17. The van der Waals surface area contributed by atoms with E-state index in [0.717, 1.165) is 29.6 Å². The van der Waals surface area contributed by atoms with E-state index < -0.39 is 0 Å². The third kappa shape index (κ3) is 3.90. The molecule has 1 aliphatic heterocycles. The number of carbonyl (C=O) groups is 1. The Kier molecular flexibility index (Phi) is 4.39. The molecule has 0 aromatic carbocycles. The lowest BCUT2D eigenvalue weighted by molar-refractivity contribution is -0.126. The molecule has 0 saturated carbocycles. The molecule has 0 aliphatic carbocycles. The summed E-state index contributed by atoms with van der Waals surface area (Å²) in [6.07, 6.45) is 5.85. The fraction of sp³-hybridized carbons (Fsp3) is 0.562. The zero-order chi connectivity index (χ0) is 16.4. The summed E-state index contributed by atoms with van der Waals surface area (Å²) in [5.74, 6) is 0.152. The lowest BCUT2D eigenvalue weighted by atomic mass is 9.96. The lowest BCUT2D eigenvalue weighted by Gasteiger charge is -2.33. The monoisotopic (exact) mass is 333 g/mol. The molecule has 1 saturated heterocycles. The van der Waals surface area contributed by atoms with Crippen LogP contribution in [0.3, 0.4) is 0 Å². The summed E-state index contributed by atoms with van der Waals surface area (Å²) in [4.78, 5) is 14.6. The molecule has 3 heterocycles. The Labute approximate surface area is 140 Å². The predicted octanol–water partition coefficient (Wildman–Crippen LogP) is 2.46. The molecular weight excluding hydrogens is 310 g/mol. The first kappa shape index (κ1) is 16.0. The Bertz CT molecular complexity index is 658. The summed E-state index contributed by atoms with van der Waals surface area (Å²) in [5, 5.41) is 13.4. The number of aromatic nitrogens is 3. The molecular formula is C16H23N5OS. The first-order chi connectivity index (χ1) is 10.9. The average molecular weight is 333 g/mol. The van der Waals surface area contributed by atoms with E-state index in [4.69, 9.17) is 0 Å². The largest absolute Gasteiger partial charge is 0.351 e. The Hall–Kier alpha value is -1.89. The smallest absolute Gasteiger partial charge is 0.225 e. The second kappa shape index (κ2) is 6.31. The summed E-state index contributed by atoms with van der Waals surface area (Å²) in [5.41, 5.74) is -0.191. The van der Waals surface area contributed by atoms with Crippen LogP contribution in [0.4, 0.5) is 5.13 Å². The number of nitrogens with one attached hydrogen (secondary N) is 1. The Morgan fingerprint density at radius 3 is 2.65 bits per heavy atom. The Balaban J connectivity index is 1.68. The van der Waals surface area contributed by atoms with Crippen LogP contribution in [-0.4, -0.2) is 39.3 Å². The number of carbonyl (C=O) groups excluding carboxylic acids is 1. The van der Waals surface area contributed by atoms with Crippen molar-refractivity contribution in [2.24, 2.45) is 5.92 Å². The van der Waals surface area contributed by atoms with Gasteiger partial charge in [0.25, 0.3) is 0 Å². The highest BCUT2D eigenvalue weighted by atomic mass is 32.1. The summed E-state index contributed by atoms with van der Waals surface area (Å²) >= 11 is 1.56. The van der Waals surface area contributed by atoms with E-state index in [1.807, 2.05) is 49.9 Å². The van der Waals surface area contributed by atoms with E-state index in [1.165, 1.54) is 0 Å². The minimum Gasteiger partial charge on any atom is -0.351 e. The molecule has 2 aromatic heterocycles. The van der Waals surface area contributed by atoms with Crippen molar-refractivity contribution in [1.82, 2.24) is 20.1 Å². The van der Waals surface area contributed by atoms with Crippen LogP contribution in [0.25, 0.3) is 5.13 Å². The molecule has 1 amide bonds. The van der Waals surface area contributed by atoms with Crippen molar-refractivity contribution in [2.75, 3.05) is 18.0 Å². The van der Waals surface area contributed by atoms with Crippen molar-refractivity contribution in [2.45, 2.75) is 39.2 Å². The van der Waals surface area contributed by atoms with Crippen LogP contribution in [0, 0.1) is 5.92 Å². The van der Waals surface area contributed by atoms with Crippen molar-refractivity contribution in [3.05, 3.63) is 24.5 Å². The van der Waals surface area contributed by atoms with Crippen LogP contribution in [-0.2, 0) is 4.79 Å². The summed E-state index contributed by atoms with van der Waals surface area (Å²) in [6.45, 7) is 7.68. The molecule has 23 heavy (non-hydrogen) atoms. The van der Waals surface area contributed by atoms with Crippen molar-refractivity contribution in [3.63, 3.8) is 0 Å². The van der Waals surface area contributed by atoms with Gasteiger partial charge in [-0.3, -0.25) is 9.36 Å². The third-order valence-electron chi connectivity index (χ3n) is 3.79. The molecule has 1 N–H and O–H groups in total. The molecule has 6 nitrogen and oxygen atoms in total. The highest BCUT2D eigenvalue weighted by molar-refractivity contribution is 7.17. The van der Waals surface area contributed by atoms with Gasteiger partial charge in [0.15, 0.2) is 0 Å². The van der Waals surface area contributed by atoms with Crippen molar-refractivity contribution in [1.29, 1.82) is 0 Å². The third-order valence-corrected chi connectivity index (χ3v) is 4.79. The molecule has 124 valence electrons. The van der Waals surface area contributed by atoms with Gasteiger partial charge in [-0.2, -0.15) is 0 Å². The standard InChI is InChI=1S/C16H23N5OS/c1-16(2,3)17-13(22)12-7-6-10-21(11-12)15-19-18-14(23-15)20-8-4-5-9-20/h4-5,8-9,12H,6-7,10-11H2,1-3H3,(H,17,22)/t12-/m1/s1. The van der Waals surface area contributed by atoms with Gasteiger partial charge in [0.05, 0.1) is 5.92 Å². The van der Waals surface area contributed by atoms with E-state index in [0.29, 0.717) is 6.54 Å². The quantitative estimate of drug-likeness (QED) is 0.937. The maximum absolute atomic E-state index is 12.4. The molecule has 3 rings (SSSR count). The summed E-state index contributed by atoms with van der Waals surface area (Å²) in [6, 6.07) is 3.93. The normalized spacial score (nSPS) is 18.9. The predicted molar refractivity (Wildman–Crippen MR) is 92.1 cm³/mol. The zero-order valence-electron chi connectivity index (χ0n) is 13.8. The van der Waals surface area contributed by atoms with Gasteiger partial charge in [0.2, 0.25) is 16.2 Å². The van der Waals surface area contributed by atoms with Gasteiger partial charge in [-0.15, -0.1) is 10.2 Å². The van der Waals surface area contributed by atoms with Gasteiger partial charge in [0.1, 0.15) is 0 Å². The summed E-state index contributed by atoms with van der Waals surface area (Å²) < 4.78 is 1.95. The van der Waals surface area contributed by atoms with Crippen LogP contribution >= 0.6 is 11.3 Å². The van der Waals surface area contributed by atoms with Gasteiger partial charge in [0, 0.05) is 31.0 Å². The highest BCUT2D eigenvalue weighted by Crippen LogP contribution is 2.28. The van der Waals surface area contributed by atoms with E-state index >= 15 is 0 Å². The topological polar surface area (TPSA) is 63.1 Å². The molecule has 0 spiro atoms. The molecule has 1 aliphatic rings. The van der Waals surface area contributed by atoms with Gasteiger partial charge in [-0.1, -0.05) is 11.3 Å². The van der Waals surface area contributed by atoms with Gasteiger partial charge in [-0.05, 0) is 45.7 Å². The number of hydrogen-bond acceptors (Lipinski definition) is 5. The molecule has 7 heteroatoms. The molecule has 1 atom stereocenters. The number of anilines is 1. The first-order valence-corrected chi connectivity index (χ1v) is 8.78. The van der Waals surface area contributed by atoms with Crippen molar-refractivity contribution >= 4 is 22.4 Å². The van der Waals surface area contributed by atoms with Crippen LogP contribution in [0.2, 0.25) is 0 Å². The molecule has 0 bridgehead atoms. The SMILES string of the molecule is CC(C)(C)NC(=O)[C@@H]1CCCN(c2nnc(-n3cccc3)s2)C1. The van der Waals surface area contributed by atoms with E-state index in [1.54, 1.807) is 11.3 Å². The molecule has 2 aromatic rings. The van der Waals surface area contributed by atoms with E-state index in [9.17, 15) is 4.79 Å². The summed E-state index contributed by atoms with van der Waals surface area (Å²) in [7, 11) is 0. The van der Waals surface area contributed by atoms with E-state index in [-0.39, 0.29) is 17.4 Å². The van der Waals surface area contributed by atoms with Gasteiger partial charge < -0.3 is 10.2 Å². The number of nitrogens with zero attached hydrogens (tertiary/aromatic N) is 4. The number of rotatable bonds is 3. The fourth-order valence-electron chi connectivity index (χ4n) is 2.74. The number of amides is 1. The van der Waals surface area contributed by atoms with Crippen molar-refractivity contribution < 1.29 is 4.79 Å². The molecule has 0 radical (unpaired) electrons. The van der Waals surface area contributed by atoms with Crippen LogP contribution < -0.4 is 10.2 Å². The molecule has 0 unspecified atom stereocenters. The van der Waals surface area contributed by atoms with Crippen LogP contribution in [0.1, 0.15) is 33.6 Å². The van der Waals surface area contributed by atoms with Crippen molar-refractivity contribution in [3.8, 4) is 5.13 Å². The van der Waals surface area contributed by atoms with Crippen LogP contribution in [0.5, 0.6) is 0 Å². The molecule has 1 fully saturated rings. The van der Waals surface area contributed by atoms with E-state index in [2.05, 4.69) is 20.4 Å². The maximum atomic E-state index is 12.4. The first-order valence-electron chi connectivity index (χ1n) is 7.96. The second-order valence-electron chi connectivity index (χ2n) is 6.98. The maximum Gasteiger partial charge on any atom is 0.225 e. The number of piperidine rings is 1. The number of hydrogen-bond donors (Lipinski definition) is 1. The fourth-order valence-corrected chi connectivity index (χ4v) is 3.59. The zero-order valence-corrected chi connectivity index (χ0v) is 14.6. The van der Waals surface area contributed by atoms with Gasteiger partial charge >= 0.3 is 0 Å². The minimum atomic E-state index is -0.191. The van der Waals surface area contributed by atoms with Gasteiger partial charge in [-0.25, -0.2) is 0 Å². The van der Waals surface area contributed by atoms with Crippen LogP contribution in [0.15, 0.2) is 24.5 Å². The Morgan fingerprint density at radius 1 is 1.26 bits per heavy atom. The Morgan fingerprint density at radius 2 is 1.96 bits per heavy atom. The minimum absolute atomic E-state index is 0.0157. The highest BCUT2D eigenvalue weighted by Gasteiger charge is 2.29. The lowest BCUT2D eigenvalue weighted by Crippen LogP contribution is -2.48. The second-order valence-corrected chi connectivity index (χ2v) is 7.92.